The van der Waals surface area contributed by atoms with Gasteiger partial charge in [-0.05, 0) is 6.42 Å². The van der Waals surface area contributed by atoms with Gasteiger partial charge in [0.15, 0.2) is 0 Å². The third-order valence-corrected chi connectivity index (χ3v) is 1.21. The summed E-state index contributed by atoms with van der Waals surface area (Å²) in [5.41, 5.74) is 0. The molecule has 1 unspecified atom stereocenters. The lowest BCUT2D eigenvalue weighted by Gasteiger charge is -2.04. The minimum absolute atomic E-state index is 0. The molecule has 3 heteroatoms. The Morgan fingerprint density at radius 2 is 2.00 bits per heavy atom. The molecule has 0 N–H and O–H groups in total. The maximum atomic E-state index is 11.3. The molecule has 0 aromatic rings. The lowest BCUT2D eigenvalue weighted by atomic mass is 10.1. The van der Waals surface area contributed by atoms with Crippen LogP contribution in [0.15, 0.2) is 0 Å². The molecule has 0 aliphatic heterocycles. The van der Waals surface area contributed by atoms with Gasteiger partial charge in [0.2, 0.25) is 6.86 Å². The fourth-order valence-corrected chi connectivity index (χ4v) is 0.363. The van der Waals surface area contributed by atoms with Crippen LogP contribution in [0.4, 0.5) is 4.39 Å². The van der Waals surface area contributed by atoms with Gasteiger partial charge in [0, 0.05) is 0 Å². The van der Waals surface area contributed by atoms with Gasteiger partial charge in [-0.1, -0.05) is 28.7 Å². The standard InChI is InChI=1S/C6H11FO2.2CH4/c1-3-5(2)6(8)9-4-7;;/h5H,3-4H2,1-2H3;2*1H4. The Hall–Kier alpha value is -0.600. The first-order valence-corrected chi connectivity index (χ1v) is 2.95. The topological polar surface area (TPSA) is 26.3 Å². The number of ether oxygens (including phenoxy) is 1. The summed E-state index contributed by atoms with van der Waals surface area (Å²) in [6, 6.07) is 0. The Bertz CT molecular complexity index is 94.1. The van der Waals surface area contributed by atoms with E-state index in [-0.39, 0.29) is 20.8 Å². The monoisotopic (exact) mass is 166 g/mol. The Morgan fingerprint density at radius 1 is 1.55 bits per heavy atom. The van der Waals surface area contributed by atoms with Gasteiger partial charge >= 0.3 is 5.97 Å². The molecule has 0 aliphatic rings. The lowest BCUT2D eigenvalue weighted by Crippen LogP contribution is -2.12. The average Bonchev–Trinajstić information content (AvgIpc) is 1.87. The van der Waals surface area contributed by atoms with Crippen LogP contribution in [0.2, 0.25) is 0 Å². The molecular formula is C8H19FO2. The van der Waals surface area contributed by atoms with Crippen LogP contribution in [0.1, 0.15) is 35.1 Å². The van der Waals surface area contributed by atoms with Gasteiger partial charge in [-0.3, -0.25) is 4.79 Å². The first-order chi connectivity index (χ1) is 4.22. The van der Waals surface area contributed by atoms with Crippen molar-refractivity contribution in [3.63, 3.8) is 0 Å². The molecule has 70 valence electrons. The molecule has 2 nitrogen and oxygen atoms in total. The fraction of sp³-hybridized carbons (Fsp3) is 0.875. The predicted octanol–water partition coefficient (Wildman–Crippen LogP) is 2.77. The summed E-state index contributed by atoms with van der Waals surface area (Å²) >= 11 is 0. The first kappa shape index (κ1) is 16.8. The third kappa shape index (κ3) is 7.30. The van der Waals surface area contributed by atoms with Gasteiger partial charge < -0.3 is 4.74 Å². The van der Waals surface area contributed by atoms with Gasteiger partial charge in [0.05, 0.1) is 5.92 Å². The molecule has 0 saturated carbocycles. The molecular weight excluding hydrogens is 147 g/mol. The van der Waals surface area contributed by atoms with Crippen molar-refractivity contribution in [1.82, 2.24) is 0 Å². The molecule has 1 atom stereocenters. The van der Waals surface area contributed by atoms with Crippen LogP contribution in [0.3, 0.4) is 0 Å². The number of alkyl halides is 1. The maximum Gasteiger partial charge on any atom is 0.310 e. The summed E-state index contributed by atoms with van der Waals surface area (Å²) in [6.07, 6.45) is 0.693. The molecule has 0 radical (unpaired) electrons. The predicted molar refractivity (Wildman–Crippen MR) is 45.0 cm³/mol. The number of halogens is 1. The molecule has 0 amide bonds. The van der Waals surface area contributed by atoms with Gasteiger partial charge in [0.25, 0.3) is 0 Å². The number of carbonyl (C=O) groups is 1. The lowest BCUT2D eigenvalue weighted by molar-refractivity contribution is -0.152. The molecule has 0 aromatic carbocycles. The van der Waals surface area contributed by atoms with Gasteiger partial charge in [-0.25, -0.2) is 4.39 Å². The Kier molecular flexibility index (Phi) is 14.3. The molecule has 0 aromatic heterocycles. The summed E-state index contributed by atoms with van der Waals surface area (Å²) < 4.78 is 15.4. The zero-order valence-electron chi connectivity index (χ0n) is 5.69. The Labute approximate surface area is 68.7 Å². The van der Waals surface area contributed by atoms with Crippen molar-refractivity contribution in [1.29, 1.82) is 0 Å². The molecule has 0 heterocycles. The van der Waals surface area contributed by atoms with Gasteiger partial charge in [-0.15, -0.1) is 0 Å². The van der Waals surface area contributed by atoms with Crippen molar-refractivity contribution >= 4 is 5.97 Å². The Balaban J connectivity index is -0.000000320. The van der Waals surface area contributed by atoms with Crippen LogP contribution >= 0.6 is 0 Å². The van der Waals surface area contributed by atoms with E-state index in [1.54, 1.807) is 6.92 Å². The molecule has 11 heavy (non-hydrogen) atoms. The molecule has 0 rings (SSSR count). The van der Waals surface area contributed by atoms with Crippen LogP contribution in [-0.4, -0.2) is 12.8 Å². The van der Waals surface area contributed by atoms with Crippen molar-refractivity contribution in [2.24, 2.45) is 5.92 Å². The number of hydrogen-bond acceptors (Lipinski definition) is 2. The van der Waals surface area contributed by atoms with Crippen molar-refractivity contribution < 1.29 is 13.9 Å². The summed E-state index contributed by atoms with van der Waals surface area (Å²) in [7, 11) is 0. The summed E-state index contributed by atoms with van der Waals surface area (Å²) in [4.78, 5) is 10.5. The van der Waals surface area contributed by atoms with Crippen LogP contribution in [0.5, 0.6) is 0 Å². The quantitative estimate of drug-likeness (QED) is 0.602. The van der Waals surface area contributed by atoms with E-state index in [1.165, 1.54) is 0 Å². The molecule has 0 spiro atoms. The number of carbonyl (C=O) groups excluding carboxylic acids is 1. The largest absolute Gasteiger partial charge is 0.434 e. The highest BCUT2D eigenvalue weighted by molar-refractivity contribution is 5.71. The molecule has 0 fully saturated rings. The first-order valence-electron chi connectivity index (χ1n) is 2.95. The number of esters is 1. The summed E-state index contributed by atoms with van der Waals surface area (Å²) in [5.74, 6) is -0.638. The van der Waals surface area contributed by atoms with E-state index in [0.717, 1.165) is 0 Å². The van der Waals surface area contributed by atoms with Gasteiger partial charge in [0.1, 0.15) is 0 Å². The highest BCUT2D eigenvalue weighted by atomic mass is 19.1. The van der Waals surface area contributed by atoms with E-state index >= 15 is 0 Å². The van der Waals surface area contributed by atoms with E-state index in [9.17, 15) is 9.18 Å². The smallest absolute Gasteiger partial charge is 0.310 e. The second kappa shape index (κ2) is 9.40. The van der Waals surface area contributed by atoms with Crippen LogP contribution in [-0.2, 0) is 9.53 Å². The van der Waals surface area contributed by atoms with Crippen molar-refractivity contribution in [2.45, 2.75) is 35.1 Å². The average molecular weight is 166 g/mol. The van der Waals surface area contributed by atoms with E-state index in [4.69, 9.17) is 0 Å². The van der Waals surface area contributed by atoms with E-state index < -0.39 is 12.8 Å². The second-order valence-electron chi connectivity index (χ2n) is 1.88. The highest BCUT2D eigenvalue weighted by Crippen LogP contribution is 2.02. The molecule has 0 aliphatic carbocycles. The number of hydrogen-bond donors (Lipinski definition) is 0. The normalized spacial score (nSPS) is 10.5. The Morgan fingerprint density at radius 3 is 2.27 bits per heavy atom. The van der Waals surface area contributed by atoms with E-state index in [2.05, 4.69) is 4.74 Å². The van der Waals surface area contributed by atoms with Crippen molar-refractivity contribution in [3.8, 4) is 0 Å². The minimum Gasteiger partial charge on any atom is -0.434 e. The fourth-order valence-electron chi connectivity index (χ4n) is 0.363. The van der Waals surface area contributed by atoms with Gasteiger partial charge in [-0.2, -0.15) is 0 Å². The number of rotatable bonds is 3. The van der Waals surface area contributed by atoms with Crippen LogP contribution < -0.4 is 0 Å². The summed E-state index contributed by atoms with van der Waals surface area (Å²) in [5, 5.41) is 0. The third-order valence-electron chi connectivity index (χ3n) is 1.21. The van der Waals surface area contributed by atoms with E-state index in [1.807, 2.05) is 6.92 Å². The second-order valence-corrected chi connectivity index (χ2v) is 1.88. The van der Waals surface area contributed by atoms with Crippen molar-refractivity contribution in [2.75, 3.05) is 6.86 Å². The van der Waals surface area contributed by atoms with Crippen LogP contribution in [0, 0.1) is 5.92 Å². The molecule has 0 saturated heterocycles. The molecule has 0 bridgehead atoms. The zero-order chi connectivity index (χ0) is 7.28. The SMILES string of the molecule is C.C.CCC(C)C(=O)OCF. The minimum atomic E-state index is -1.01. The summed E-state index contributed by atoms with van der Waals surface area (Å²) in [6.45, 7) is 2.55. The maximum absolute atomic E-state index is 11.3. The highest BCUT2D eigenvalue weighted by Gasteiger charge is 2.10. The van der Waals surface area contributed by atoms with E-state index in [0.29, 0.717) is 6.42 Å². The van der Waals surface area contributed by atoms with Crippen LogP contribution in [0.25, 0.3) is 0 Å². The van der Waals surface area contributed by atoms with Crippen molar-refractivity contribution in [3.05, 3.63) is 0 Å². The zero-order valence-corrected chi connectivity index (χ0v) is 5.69.